The number of phenols is 1. The van der Waals surface area contributed by atoms with Gasteiger partial charge in [0.05, 0.1) is 16.8 Å². The summed E-state index contributed by atoms with van der Waals surface area (Å²) in [7, 11) is 1.58. The maximum Gasteiger partial charge on any atom is 0.132 e. The van der Waals surface area contributed by atoms with Crippen LogP contribution in [0.3, 0.4) is 0 Å². The fourth-order valence-electron chi connectivity index (χ4n) is 1.22. The molecule has 0 heterocycles. The molecule has 2 N–H and O–H groups in total. The Bertz CT molecular complexity index is 323. The van der Waals surface area contributed by atoms with E-state index < -0.39 is 6.10 Å². The molecule has 3 nitrogen and oxygen atoms in total. The molecule has 0 spiro atoms. The van der Waals surface area contributed by atoms with Crippen molar-refractivity contribution < 1.29 is 14.9 Å². The zero-order chi connectivity index (χ0) is 10.7. The molecule has 0 bridgehead atoms. The Morgan fingerprint density at radius 3 is 2.64 bits per heavy atom. The van der Waals surface area contributed by atoms with Crippen molar-refractivity contribution in [1.29, 1.82) is 0 Å². The summed E-state index contributed by atoms with van der Waals surface area (Å²) in [5, 5.41) is 18.8. The first-order valence-electron chi connectivity index (χ1n) is 4.28. The van der Waals surface area contributed by atoms with Crippen LogP contribution in [0.5, 0.6) is 11.5 Å². The van der Waals surface area contributed by atoms with Crippen LogP contribution in [0, 0.1) is 3.57 Å². The number of ether oxygens (including phenoxy) is 1. The van der Waals surface area contributed by atoms with Gasteiger partial charge in [0, 0.05) is 12.0 Å². The van der Waals surface area contributed by atoms with Crippen LogP contribution in [0.1, 0.15) is 12.5 Å². The Labute approximate surface area is 96.9 Å². The second kappa shape index (κ2) is 4.84. The molecule has 0 aliphatic heterocycles. The molecule has 1 atom stereocenters. The summed E-state index contributed by atoms with van der Waals surface area (Å²) in [5.41, 5.74) is 0.706. The van der Waals surface area contributed by atoms with Crippen LogP contribution in [0.4, 0.5) is 0 Å². The molecule has 0 fully saturated rings. The van der Waals surface area contributed by atoms with E-state index in [9.17, 15) is 10.2 Å². The number of aromatic hydroxyl groups is 1. The van der Waals surface area contributed by atoms with Gasteiger partial charge in [-0.15, -0.1) is 0 Å². The Morgan fingerprint density at radius 1 is 1.50 bits per heavy atom. The molecule has 0 saturated carbocycles. The molecule has 1 rings (SSSR count). The van der Waals surface area contributed by atoms with E-state index in [1.807, 2.05) is 0 Å². The largest absolute Gasteiger partial charge is 0.508 e. The van der Waals surface area contributed by atoms with Gasteiger partial charge >= 0.3 is 0 Å². The van der Waals surface area contributed by atoms with Gasteiger partial charge in [-0.2, -0.15) is 0 Å². The van der Waals surface area contributed by atoms with E-state index in [1.165, 1.54) is 0 Å². The molecule has 1 aromatic carbocycles. The first-order chi connectivity index (χ1) is 6.54. The smallest absolute Gasteiger partial charge is 0.132 e. The van der Waals surface area contributed by atoms with Crippen LogP contribution in [-0.4, -0.2) is 23.4 Å². The van der Waals surface area contributed by atoms with E-state index in [1.54, 1.807) is 26.2 Å². The Morgan fingerprint density at radius 2 is 2.14 bits per heavy atom. The summed E-state index contributed by atoms with van der Waals surface area (Å²) in [6.45, 7) is 1.68. The number of hydrogen-bond acceptors (Lipinski definition) is 3. The topological polar surface area (TPSA) is 49.7 Å². The summed E-state index contributed by atoms with van der Waals surface area (Å²) >= 11 is 2.09. The van der Waals surface area contributed by atoms with Gasteiger partial charge in [-0.1, -0.05) is 0 Å². The van der Waals surface area contributed by atoms with Gasteiger partial charge in [0.2, 0.25) is 0 Å². The van der Waals surface area contributed by atoms with Crippen LogP contribution in [-0.2, 0) is 6.42 Å². The maximum atomic E-state index is 9.59. The van der Waals surface area contributed by atoms with Gasteiger partial charge in [0.15, 0.2) is 0 Å². The quantitative estimate of drug-likeness (QED) is 0.839. The summed E-state index contributed by atoms with van der Waals surface area (Å²) in [5.74, 6) is 0.926. The molecule has 1 aromatic rings. The lowest BCUT2D eigenvalue weighted by Gasteiger charge is -2.10. The molecule has 0 aliphatic carbocycles. The molecule has 0 aliphatic rings. The Kier molecular flexibility index (Phi) is 4.00. The van der Waals surface area contributed by atoms with Crippen LogP contribution >= 0.6 is 22.6 Å². The number of benzene rings is 1. The second-order valence-corrected chi connectivity index (χ2v) is 4.33. The number of aliphatic hydroxyl groups is 1. The molecule has 0 aromatic heterocycles. The minimum absolute atomic E-state index is 0.205. The lowest BCUT2D eigenvalue weighted by Crippen LogP contribution is -2.04. The number of hydrogen-bond donors (Lipinski definition) is 2. The molecule has 0 radical (unpaired) electrons. The normalized spacial score (nSPS) is 12.6. The van der Waals surface area contributed by atoms with Gasteiger partial charge in [-0.25, -0.2) is 0 Å². The minimum atomic E-state index is -0.467. The Hall–Kier alpha value is -0.490. The van der Waals surface area contributed by atoms with Gasteiger partial charge < -0.3 is 14.9 Å². The average molecular weight is 308 g/mol. The molecular weight excluding hydrogens is 295 g/mol. The van der Waals surface area contributed by atoms with Crippen molar-refractivity contribution in [1.82, 2.24) is 0 Å². The monoisotopic (exact) mass is 308 g/mol. The lowest BCUT2D eigenvalue weighted by molar-refractivity contribution is 0.194. The number of methoxy groups -OCH3 is 1. The van der Waals surface area contributed by atoms with E-state index in [4.69, 9.17) is 4.74 Å². The number of phenolic OH excluding ortho intramolecular Hbond substituents is 1. The van der Waals surface area contributed by atoms with Crippen LogP contribution in [0.15, 0.2) is 12.1 Å². The number of halogens is 1. The van der Waals surface area contributed by atoms with Crippen molar-refractivity contribution in [2.75, 3.05) is 7.11 Å². The zero-order valence-corrected chi connectivity index (χ0v) is 10.3. The highest BCUT2D eigenvalue weighted by Gasteiger charge is 2.09. The number of rotatable bonds is 3. The third-order valence-electron chi connectivity index (χ3n) is 1.87. The third-order valence-corrected chi connectivity index (χ3v) is 2.71. The van der Waals surface area contributed by atoms with Crippen molar-refractivity contribution in [2.24, 2.45) is 0 Å². The minimum Gasteiger partial charge on any atom is -0.508 e. The van der Waals surface area contributed by atoms with Gasteiger partial charge in [-0.3, -0.25) is 0 Å². The van der Waals surface area contributed by atoms with Gasteiger partial charge in [0.25, 0.3) is 0 Å². The fraction of sp³-hybridized carbons (Fsp3) is 0.400. The summed E-state index contributed by atoms with van der Waals surface area (Å²) in [4.78, 5) is 0. The van der Waals surface area contributed by atoms with E-state index in [0.717, 1.165) is 9.32 Å². The summed E-state index contributed by atoms with van der Waals surface area (Å²) < 4.78 is 5.98. The van der Waals surface area contributed by atoms with Crippen LogP contribution in [0.2, 0.25) is 0 Å². The predicted molar refractivity (Wildman–Crippen MR) is 62.8 cm³/mol. The van der Waals surface area contributed by atoms with Crippen molar-refractivity contribution in [3.05, 3.63) is 21.3 Å². The Balaban J connectivity index is 3.04. The van der Waals surface area contributed by atoms with E-state index >= 15 is 0 Å². The van der Waals surface area contributed by atoms with E-state index in [0.29, 0.717) is 12.0 Å². The van der Waals surface area contributed by atoms with Crippen LogP contribution in [0.25, 0.3) is 0 Å². The average Bonchev–Trinajstić information content (AvgIpc) is 2.09. The summed E-state index contributed by atoms with van der Waals surface area (Å²) in [6.07, 6.45) is -0.0373. The highest BCUT2D eigenvalue weighted by Crippen LogP contribution is 2.29. The van der Waals surface area contributed by atoms with Gasteiger partial charge in [0.1, 0.15) is 11.5 Å². The zero-order valence-electron chi connectivity index (χ0n) is 8.12. The molecule has 78 valence electrons. The lowest BCUT2D eigenvalue weighted by atomic mass is 10.1. The molecule has 4 heteroatoms. The SMILES string of the molecule is COc1cc(CC(C)O)c(O)cc1I. The van der Waals surface area contributed by atoms with Gasteiger partial charge in [-0.05, 0) is 41.6 Å². The molecule has 0 amide bonds. The molecular formula is C10H13IO3. The molecule has 1 unspecified atom stereocenters. The van der Waals surface area contributed by atoms with Crippen molar-refractivity contribution in [3.8, 4) is 11.5 Å². The highest BCUT2D eigenvalue weighted by molar-refractivity contribution is 14.1. The van der Waals surface area contributed by atoms with E-state index in [-0.39, 0.29) is 5.75 Å². The standard InChI is InChI=1S/C10H13IO3/c1-6(12)3-7-4-10(14-2)8(11)5-9(7)13/h4-6,12-13H,3H2,1-2H3. The predicted octanol–water partition coefficient (Wildman–Crippen LogP) is 1.93. The second-order valence-electron chi connectivity index (χ2n) is 3.17. The first-order valence-corrected chi connectivity index (χ1v) is 5.36. The fourth-order valence-corrected chi connectivity index (χ4v) is 1.89. The first kappa shape index (κ1) is 11.6. The highest BCUT2D eigenvalue weighted by atomic mass is 127. The van der Waals surface area contributed by atoms with Crippen molar-refractivity contribution in [3.63, 3.8) is 0 Å². The van der Waals surface area contributed by atoms with E-state index in [2.05, 4.69) is 22.6 Å². The number of aliphatic hydroxyl groups excluding tert-OH is 1. The maximum absolute atomic E-state index is 9.59. The van der Waals surface area contributed by atoms with Crippen molar-refractivity contribution in [2.45, 2.75) is 19.4 Å². The van der Waals surface area contributed by atoms with Crippen molar-refractivity contribution >= 4 is 22.6 Å². The summed E-state index contributed by atoms with van der Waals surface area (Å²) in [6, 6.07) is 3.39. The third kappa shape index (κ3) is 2.75. The molecule has 14 heavy (non-hydrogen) atoms. The molecule has 0 saturated heterocycles. The van der Waals surface area contributed by atoms with Crippen LogP contribution < -0.4 is 4.74 Å².